The van der Waals surface area contributed by atoms with Gasteiger partial charge < -0.3 is 29.2 Å². The number of tetrazole rings is 1. The molecule has 0 saturated carbocycles. The number of hydrogen-bond donors (Lipinski definition) is 3. The van der Waals surface area contributed by atoms with Gasteiger partial charge in [0.2, 0.25) is 0 Å². The van der Waals surface area contributed by atoms with Crippen molar-refractivity contribution in [3.63, 3.8) is 0 Å². The highest BCUT2D eigenvalue weighted by Crippen LogP contribution is 2.36. The molecule has 4 aromatic carbocycles. The smallest absolute Gasteiger partial charge is 0.268 e. The number of nitriles is 1. The first-order valence-corrected chi connectivity index (χ1v) is 20.2. The molecule has 0 unspecified atom stereocenters. The number of aromatic amines is 1. The fourth-order valence-electron chi connectivity index (χ4n) is 7.35. The van der Waals surface area contributed by atoms with Crippen LogP contribution in [-0.4, -0.2) is 75.2 Å². The lowest BCUT2D eigenvalue weighted by atomic mass is 9.87. The predicted octanol–water partition coefficient (Wildman–Crippen LogP) is 8.04. The van der Waals surface area contributed by atoms with Gasteiger partial charge in [-0.25, -0.2) is 0 Å². The summed E-state index contributed by atoms with van der Waals surface area (Å²) in [5, 5.41) is 32.3. The summed E-state index contributed by atoms with van der Waals surface area (Å²) in [6.07, 6.45) is 0.932. The van der Waals surface area contributed by atoms with Gasteiger partial charge in [0.25, 0.3) is 11.8 Å². The normalized spacial score (nSPS) is 14.9. The van der Waals surface area contributed by atoms with Gasteiger partial charge in [-0.15, -0.1) is 10.2 Å². The van der Waals surface area contributed by atoms with Gasteiger partial charge in [0, 0.05) is 42.3 Å². The molecule has 2 saturated heterocycles. The summed E-state index contributed by atoms with van der Waals surface area (Å²) in [6, 6.07) is 28.5. The molecule has 3 N–H and O–H groups in total. The number of aromatic nitrogens is 6. The van der Waals surface area contributed by atoms with Gasteiger partial charge in [-0.2, -0.15) is 10.5 Å². The minimum absolute atomic E-state index is 0.204. The number of amides is 2. The van der Waals surface area contributed by atoms with Crippen LogP contribution < -0.4 is 10.6 Å². The van der Waals surface area contributed by atoms with E-state index in [1.807, 2.05) is 79.3 Å². The number of aryl methyl sites for hydroxylation is 2. The molecule has 0 radical (unpaired) electrons. The van der Waals surface area contributed by atoms with E-state index in [1.165, 1.54) is 0 Å². The number of benzene rings is 4. The van der Waals surface area contributed by atoms with Gasteiger partial charge in [0.05, 0.1) is 67.5 Å². The molecule has 3 aromatic heterocycles. The zero-order valence-corrected chi connectivity index (χ0v) is 35.8. The van der Waals surface area contributed by atoms with Crippen LogP contribution in [0.1, 0.15) is 50.4 Å². The summed E-state index contributed by atoms with van der Waals surface area (Å²) in [7, 11) is 2.65. The molecule has 61 heavy (non-hydrogen) atoms. The number of fused-ring (bicyclic) bond motifs is 2. The van der Waals surface area contributed by atoms with Crippen LogP contribution in [-0.2, 0) is 47.5 Å². The van der Waals surface area contributed by atoms with E-state index in [-0.39, 0.29) is 11.8 Å². The van der Waals surface area contributed by atoms with Gasteiger partial charge in [-0.05, 0) is 58.7 Å². The second-order valence-corrected chi connectivity index (χ2v) is 16.1. The summed E-state index contributed by atoms with van der Waals surface area (Å²) in [5.74, 6) is 0.206. The lowest BCUT2D eigenvalue weighted by Crippen LogP contribution is -2.59. The lowest BCUT2D eigenvalue weighted by molar-refractivity contribution is -0.0735. The third-order valence-electron chi connectivity index (χ3n) is 10.8. The van der Waals surface area contributed by atoms with Crippen molar-refractivity contribution < 1.29 is 24.8 Å². The number of carbonyl (C=O) groups excluding carboxylic acids is 2. The second-order valence-electron chi connectivity index (χ2n) is 14.6. The molecule has 0 spiro atoms. The SMILES string of the molecule is Cn1c(C(=O)NC2(c3ccc(CC#N)cc3)COC2)cc2c(Cl)c(Cl)ccc21.Cn1c(C(=O)NC2(c3ccc(Cc4nn[nH]n4)cc3)COC2)cc2c(Cl)c(Cl)ccc21.[2H]CF. The summed E-state index contributed by atoms with van der Waals surface area (Å²) in [6.45, 7) is 1.60. The number of halogens is 5. The van der Waals surface area contributed by atoms with Crippen molar-refractivity contribution in [3.8, 4) is 6.07 Å². The van der Waals surface area contributed by atoms with Crippen LogP contribution in [0.5, 0.6) is 0 Å². The number of nitrogens with one attached hydrogen (secondary N) is 3. The molecule has 0 atom stereocenters. The van der Waals surface area contributed by atoms with Crippen molar-refractivity contribution in [1.29, 1.82) is 5.26 Å². The van der Waals surface area contributed by atoms with E-state index in [0.717, 1.165) is 44.1 Å². The van der Waals surface area contributed by atoms with Gasteiger partial charge in [0.1, 0.15) is 22.5 Å². The molecule has 0 bridgehead atoms. The molecule has 2 aliphatic rings. The number of ether oxygens (including phenoxy) is 2. The largest absolute Gasteiger partial charge is 0.376 e. The average Bonchev–Trinajstić information content (AvgIpc) is 3.97. The van der Waals surface area contributed by atoms with E-state index < -0.39 is 18.2 Å². The Labute approximate surface area is 371 Å². The van der Waals surface area contributed by atoms with Gasteiger partial charge in [-0.1, -0.05) is 100 Å². The minimum atomic E-state index is -1.00. The number of hydrogen-bond acceptors (Lipinski definition) is 8. The van der Waals surface area contributed by atoms with Gasteiger partial charge in [-0.3, -0.25) is 14.0 Å². The van der Waals surface area contributed by atoms with Crippen molar-refractivity contribution >= 4 is 80.0 Å². The number of carbonyl (C=O) groups is 2. The highest BCUT2D eigenvalue weighted by atomic mass is 35.5. The zero-order chi connectivity index (χ0) is 44.2. The first-order valence-electron chi connectivity index (χ1n) is 19.3. The van der Waals surface area contributed by atoms with Crippen LogP contribution in [0.25, 0.3) is 21.8 Å². The summed E-state index contributed by atoms with van der Waals surface area (Å²) in [4.78, 5) is 26.3. The molecular weight excluding hydrogens is 867 g/mol. The summed E-state index contributed by atoms with van der Waals surface area (Å²) >= 11 is 24.9. The molecule has 7 aromatic rings. The molecule has 5 heterocycles. The van der Waals surface area contributed by atoms with Gasteiger partial charge in [0.15, 0.2) is 5.82 Å². The number of nitrogens with zero attached hydrogens (tertiary/aromatic N) is 6. The first-order chi connectivity index (χ1) is 29.8. The molecule has 2 amide bonds. The van der Waals surface area contributed by atoms with E-state index in [0.29, 0.717) is 76.6 Å². The Morgan fingerprint density at radius 1 is 0.787 bits per heavy atom. The third-order valence-corrected chi connectivity index (χ3v) is 12.5. The Bertz CT molecular complexity index is 2790. The van der Waals surface area contributed by atoms with E-state index in [4.69, 9.17) is 62.5 Å². The van der Waals surface area contributed by atoms with E-state index in [9.17, 15) is 14.0 Å². The Kier molecular flexibility index (Phi) is 12.6. The van der Waals surface area contributed by atoms with Crippen LogP contribution in [0.2, 0.25) is 20.1 Å². The van der Waals surface area contributed by atoms with Crippen molar-refractivity contribution in [2.24, 2.45) is 14.1 Å². The molecule has 9 rings (SSSR count). The van der Waals surface area contributed by atoms with Crippen molar-refractivity contribution in [2.45, 2.75) is 23.9 Å². The first kappa shape index (κ1) is 42.2. The Balaban J connectivity index is 0.000000176. The predicted molar refractivity (Wildman–Crippen MR) is 232 cm³/mol. The maximum absolute atomic E-state index is 13.2. The third kappa shape index (κ3) is 8.55. The number of rotatable bonds is 9. The molecule has 18 heteroatoms. The maximum atomic E-state index is 13.2. The van der Waals surface area contributed by atoms with E-state index in [1.54, 1.807) is 28.8 Å². The maximum Gasteiger partial charge on any atom is 0.268 e. The molecule has 314 valence electrons. The number of H-pyrrole nitrogens is 1. The fourth-order valence-corrected chi connectivity index (χ4v) is 8.10. The van der Waals surface area contributed by atoms with Crippen LogP contribution in [0.15, 0.2) is 84.9 Å². The molecular formula is C43H38Cl4FN9O4. The Morgan fingerprint density at radius 2 is 1.23 bits per heavy atom. The van der Waals surface area contributed by atoms with Crippen molar-refractivity contribution in [3.05, 3.63) is 144 Å². The average molecular weight is 907 g/mol. The highest BCUT2D eigenvalue weighted by molar-refractivity contribution is 6.46. The topological polar surface area (TPSA) is 165 Å². The zero-order valence-electron chi connectivity index (χ0n) is 33.7. The van der Waals surface area contributed by atoms with Crippen LogP contribution in [0, 0.1) is 11.3 Å². The fraction of sp³-hybridized carbons (Fsp3) is 0.256. The van der Waals surface area contributed by atoms with Crippen LogP contribution in [0.3, 0.4) is 0 Å². The number of alkyl halides is 1. The van der Waals surface area contributed by atoms with Crippen molar-refractivity contribution in [1.82, 2.24) is 40.4 Å². The van der Waals surface area contributed by atoms with E-state index >= 15 is 0 Å². The van der Waals surface area contributed by atoms with Crippen LogP contribution in [0.4, 0.5) is 4.39 Å². The lowest BCUT2D eigenvalue weighted by Gasteiger charge is -2.42. The Hall–Kier alpha value is -5.53. The summed E-state index contributed by atoms with van der Waals surface area (Å²) < 4.78 is 30.0. The van der Waals surface area contributed by atoms with E-state index in [2.05, 4.69) is 37.3 Å². The monoisotopic (exact) mass is 904 g/mol. The quantitative estimate of drug-likeness (QED) is 0.131. The molecule has 2 aliphatic heterocycles. The molecule has 13 nitrogen and oxygen atoms in total. The summed E-state index contributed by atoms with van der Waals surface area (Å²) in [5.41, 5.74) is 5.41. The molecule has 2 fully saturated rings. The van der Waals surface area contributed by atoms with Crippen LogP contribution >= 0.6 is 46.4 Å². The Morgan fingerprint density at radius 3 is 1.61 bits per heavy atom. The minimum Gasteiger partial charge on any atom is -0.376 e. The standard InChI is InChI=1S/C21H18Cl2N6O2.C21H17Cl2N3O2.CH3F/c1-29-16-7-6-15(22)19(23)14(16)9-17(29)20(30)24-21(10-31-11-21)13-4-2-12(3-5-13)8-18-25-27-28-26-18;1-26-17-7-6-16(22)19(23)15(17)10-18(26)20(27)25-21(11-28-12-21)14-4-2-13(3-5-14)8-9-24;1-2/h2-7,9H,8,10-11H2,1H3,(H,24,30)(H,25,26,27,28);2-7,10H,8,11-12H2,1H3,(H,25,27);1H3/i;;1D. The van der Waals surface area contributed by atoms with Crippen molar-refractivity contribution in [2.75, 3.05) is 33.6 Å². The highest BCUT2D eigenvalue weighted by Gasteiger charge is 2.43. The molecule has 0 aliphatic carbocycles. The second kappa shape index (κ2) is 18.2. The van der Waals surface area contributed by atoms with Gasteiger partial charge >= 0.3 is 0 Å².